The number of rotatable bonds is 7. The molecule has 2 heterocycles. The molecule has 0 bridgehead atoms. The van der Waals surface area contributed by atoms with Gasteiger partial charge in [-0.05, 0) is 45.2 Å². The van der Waals surface area contributed by atoms with E-state index < -0.39 is 0 Å². The van der Waals surface area contributed by atoms with Gasteiger partial charge in [-0.2, -0.15) is 0 Å². The van der Waals surface area contributed by atoms with Crippen LogP contribution in [-0.2, 0) is 14.3 Å². The highest BCUT2D eigenvalue weighted by molar-refractivity contribution is 5.85. The molecule has 6 heteroatoms. The lowest BCUT2D eigenvalue weighted by atomic mass is 10.0. The number of nitrogens with one attached hydrogen (secondary N) is 1. The minimum Gasteiger partial charge on any atom is -0.381 e. The molecule has 0 atom stereocenters. The molecule has 1 N–H and O–H groups in total. The van der Waals surface area contributed by atoms with Crippen LogP contribution < -0.4 is 5.32 Å². The Morgan fingerprint density at radius 3 is 2.55 bits per heavy atom. The molecule has 0 unspecified atom stereocenters. The van der Waals surface area contributed by atoms with Gasteiger partial charge in [0.15, 0.2) is 0 Å². The van der Waals surface area contributed by atoms with Crippen LogP contribution in [0.2, 0.25) is 0 Å². The van der Waals surface area contributed by atoms with E-state index in [9.17, 15) is 4.79 Å². The summed E-state index contributed by atoms with van der Waals surface area (Å²) in [4.78, 5) is 14.6. The summed E-state index contributed by atoms with van der Waals surface area (Å²) in [5.74, 6) is 0.260. The third-order valence-electron chi connectivity index (χ3n) is 4.37. The van der Waals surface area contributed by atoms with E-state index in [0.29, 0.717) is 19.1 Å². The molecule has 0 aromatic rings. The van der Waals surface area contributed by atoms with Crippen LogP contribution in [0.25, 0.3) is 0 Å². The van der Waals surface area contributed by atoms with Crippen molar-refractivity contribution in [3.8, 4) is 0 Å². The Morgan fingerprint density at radius 2 is 1.91 bits per heavy atom. The normalized spacial score (nSPS) is 20.4. The van der Waals surface area contributed by atoms with E-state index in [4.69, 9.17) is 9.47 Å². The van der Waals surface area contributed by atoms with Crippen molar-refractivity contribution in [1.29, 1.82) is 0 Å². The lowest BCUT2D eigenvalue weighted by Gasteiger charge is -2.35. The monoisotopic (exact) mass is 334 g/mol. The van der Waals surface area contributed by atoms with Crippen LogP contribution in [0.4, 0.5) is 0 Å². The zero-order valence-electron chi connectivity index (χ0n) is 13.7. The molecule has 0 radical (unpaired) electrons. The first-order chi connectivity index (χ1) is 10.3. The van der Waals surface area contributed by atoms with Crippen molar-refractivity contribution < 1.29 is 14.3 Å². The summed E-state index contributed by atoms with van der Waals surface area (Å²) in [6.07, 6.45) is 5.89. The fraction of sp³-hybridized carbons (Fsp3) is 0.938. The van der Waals surface area contributed by atoms with Gasteiger partial charge < -0.3 is 19.7 Å². The van der Waals surface area contributed by atoms with Crippen LogP contribution in [-0.4, -0.2) is 62.4 Å². The molecule has 130 valence electrons. The molecule has 5 nitrogen and oxygen atoms in total. The highest BCUT2D eigenvalue weighted by atomic mass is 35.5. The minimum absolute atomic E-state index is 0. The van der Waals surface area contributed by atoms with Crippen LogP contribution >= 0.6 is 12.4 Å². The minimum atomic E-state index is 0. The molecule has 2 fully saturated rings. The first-order valence-corrected chi connectivity index (χ1v) is 8.50. The number of carbonyl (C=O) groups excluding carboxylic acids is 1. The summed E-state index contributed by atoms with van der Waals surface area (Å²) in [5.41, 5.74) is 0. The van der Waals surface area contributed by atoms with Gasteiger partial charge in [0.1, 0.15) is 0 Å². The molecule has 2 rings (SSSR count). The molecule has 0 aliphatic carbocycles. The number of halogens is 1. The second kappa shape index (κ2) is 11.2. The van der Waals surface area contributed by atoms with Gasteiger partial charge in [-0.3, -0.25) is 4.79 Å². The molecule has 0 aromatic carbocycles. The summed E-state index contributed by atoms with van der Waals surface area (Å²) < 4.78 is 11.1. The summed E-state index contributed by atoms with van der Waals surface area (Å²) in [5, 5.41) is 3.36. The van der Waals surface area contributed by atoms with Crippen molar-refractivity contribution in [2.45, 2.75) is 57.6 Å². The van der Waals surface area contributed by atoms with Crippen molar-refractivity contribution in [3.63, 3.8) is 0 Å². The first-order valence-electron chi connectivity index (χ1n) is 8.50. The molecule has 2 aliphatic heterocycles. The van der Waals surface area contributed by atoms with Crippen molar-refractivity contribution in [3.05, 3.63) is 0 Å². The molecule has 0 aromatic heterocycles. The van der Waals surface area contributed by atoms with Gasteiger partial charge in [0.2, 0.25) is 5.91 Å². The van der Waals surface area contributed by atoms with E-state index in [-0.39, 0.29) is 24.4 Å². The maximum absolute atomic E-state index is 12.5. The topological polar surface area (TPSA) is 50.8 Å². The van der Waals surface area contributed by atoms with Gasteiger partial charge in [0.05, 0.1) is 19.1 Å². The number of carbonyl (C=O) groups is 1. The van der Waals surface area contributed by atoms with E-state index in [0.717, 1.165) is 65.0 Å². The molecule has 2 aliphatic rings. The highest BCUT2D eigenvalue weighted by Gasteiger charge is 2.24. The average Bonchev–Trinajstić information content (AvgIpc) is 2.54. The van der Waals surface area contributed by atoms with Crippen LogP contribution in [0.5, 0.6) is 0 Å². The first kappa shape index (κ1) is 19.7. The molecule has 22 heavy (non-hydrogen) atoms. The van der Waals surface area contributed by atoms with Gasteiger partial charge in [0, 0.05) is 25.8 Å². The van der Waals surface area contributed by atoms with Gasteiger partial charge >= 0.3 is 0 Å². The van der Waals surface area contributed by atoms with Gasteiger partial charge in [-0.15, -0.1) is 12.4 Å². The maximum Gasteiger partial charge on any atom is 0.225 e. The summed E-state index contributed by atoms with van der Waals surface area (Å²) in [6, 6.07) is 0.418. The van der Waals surface area contributed by atoms with E-state index in [1.807, 2.05) is 0 Å². The third-order valence-corrected chi connectivity index (χ3v) is 4.37. The quantitative estimate of drug-likeness (QED) is 0.773. The smallest absolute Gasteiger partial charge is 0.225 e. The number of amides is 1. The lowest BCUT2D eigenvalue weighted by molar-refractivity contribution is -0.136. The van der Waals surface area contributed by atoms with Crippen LogP contribution in [0, 0.1) is 0 Å². The highest BCUT2D eigenvalue weighted by Crippen LogP contribution is 2.15. The van der Waals surface area contributed by atoms with Crippen molar-refractivity contribution in [1.82, 2.24) is 10.2 Å². The summed E-state index contributed by atoms with van der Waals surface area (Å²) in [7, 11) is 0. The van der Waals surface area contributed by atoms with Crippen molar-refractivity contribution in [2.24, 2.45) is 0 Å². The third kappa shape index (κ3) is 6.41. The molecular formula is C16H31ClN2O3. The largest absolute Gasteiger partial charge is 0.381 e. The molecule has 0 saturated carbocycles. The molecule has 2 saturated heterocycles. The molecule has 0 spiro atoms. The Bertz CT molecular complexity index is 306. The van der Waals surface area contributed by atoms with Crippen LogP contribution in [0.15, 0.2) is 0 Å². The zero-order valence-corrected chi connectivity index (χ0v) is 14.5. The Labute approximate surface area is 140 Å². The standard InChI is InChI=1S/C16H30N2O3.ClH/c1-2-10-18(14-3-8-17-9-4-14)16(19)7-13-21-15-5-11-20-12-6-15;/h14-15,17H,2-13H2,1H3;1H. The van der Waals surface area contributed by atoms with Crippen molar-refractivity contribution in [2.75, 3.05) is 39.5 Å². The average molecular weight is 335 g/mol. The predicted molar refractivity (Wildman–Crippen MR) is 89.6 cm³/mol. The van der Waals surface area contributed by atoms with Gasteiger partial charge in [-0.25, -0.2) is 0 Å². The Kier molecular flexibility index (Phi) is 10.0. The zero-order chi connectivity index (χ0) is 14.9. The molecule has 1 amide bonds. The number of ether oxygens (including phenoxy) is 2. The van der Waals surface area contributed by atoms with Crippen LogP contribution in [0.1, 0.15) is 45.4 Å². The SMILES string of the molecule is CCCN(C(=O)CCOC1CCOCC1)C1CCNCC1.Cl. The fourth-order valence-corrected chi connectivity index (χ4v) is 3.17. The summed E-state index contributed by atoms with van der Waals surface area (Å²) in [6.45, 7) is 7.19. The summed E-state index contributed by atoms with van der Waals surface area (Å²) >= 11 is 0. The Hall–Kier alpha value is -0.360. The number of hydrogen-bond donors (Lipinski definition) is 1. The number of piperidine rings is 1. The molecular weight excluding hydrogens is 304 g/mol. The fourth-order valence-electron chi connectivity index (χ4n) is 3.17. The number of nitrogens with zero attached hydrogens (tertiary/aromatic N) is 1. The van der Waals surface area contributed by atoms with E-state index in [1.54, 1.807) is 0 Å². The van der Waals surface area contributed by atoms with Gasteiger partial charge in [0.25, 0.3) is 0 Å². The van der Waals surface area contributed by atoms with E-state index in [2.05, 4.69) is 17.1 Å². The van der Waals surface area contributed by atoms with E-state index >= 15 is 0 Å². The lowest BCUT2D eigenvalue weighted by Crippen LogP contribution is -2.46. The van der Waals surface area contributed by atoms with Crippen molar-refractivity contribution >= 4 is 18.3 Å². The predicted octanol–water partition coefficient (Wildman–Crippen LogP) is 1.98. The Morgan fingerprint density at radius 1 is 1.23 bits per heavy atom. The number of hydrogen-bond acceptors (Lipinski definition) is 4. The van der Waals surface area contributed by atoms with Crippen LogP contribution in [0.3, 0.4) is 0 Å². The maximum atomic E-state index is 12.5. The van der Waals surface area contributed by atoms with Gasteiger partial charge in [-0.1, -0.05) is 6.92 Å². The van der Waals surface area contributed by atoms with E-state index in [1.165, 1.54) is 0 Å². The second-order valence-corrected chi connectivity index (χ2v) is 6.00. The Balaban J connectivity index is 0.00000242. The second-order valence-electron chi connectivity index (χ2n) is 6.00.